The van der Waals surface area contributed by atoms with E-state index >= 15 is 0 Å². The van der Waals surface area contributed by atoms with Crippen LogP contribution in [0.5, 0.6) is 5.75 Å². The summed E-state index contributed by atoms with van der Waals surface area (Å²) in [6.07, 6.45) is -4.74. The summed E-state index contributed by atoms with van der Waals surface area (Å²) in [6, 6.07) is 7.80. The van der Waals surface area contributed by atoms with E-state index in [1.54, 1.807) is 0 Å². The Morgan fingerprint density at radius 2 is 1.76 bits per heavy atom. The molecule has 8 heteroatoms. The second-order valence-electron chi connectivity index (χ2n) is 3.59. The van der Waals surface area contributed by atoms with Crippen molar-refractivity contribution in [2.75, 3.05) is 12.4 Å². The lowest BCUT2D eigenvalue weighted by molar-refractivity contribution is -0.138. The number of alkyl halides is 3. The Labute approximate surface area is 118 Å². The Kier molecular flexibility index (Phi) is 4.77. The maximum absolute atomic E-state index is 13.1. The molecule has 0 atom stereocenters. The smallest absolute Gasteiger partial charge is 0.421 e. The van der Waals surface area contributed by atoms with E-state index in [1.807, 2.05) is 0 Å². The number of nitrogens with zero attached hydrogens (tertiary/aromatic N) is 3. The topological polar surface area (TPSA) is 92.6 Å². The minimum absolute atomic E-state index is 0.444. The van der Waals surface area contributed by atoms with Crippen molar-refractivity contribution in [3.63, 3.8) is 0 Å². The molecule has 0 amide bonds. The molecular formula is C13H7F3N4O. The molecule has 21 heavy (non-hydrogen) atoms. The zero-order chi connectivity index (χ0) is 16.0. The fourth-order valence-corrected chi connectivity index (χ4v) is 1.52. The molecule has 0 aromatic heterocycles. The molecule has 0 aliphatic rings. The summed E-state index contributed by atoms with van der Waals surface area (Å²) < 4.78 is 43.9. The minimum atomic E-state index is -4.74. The van der Waals surface area contributed by atoms with Crippen molar-refractivity contribution in [3.8, 4) is 24.0 Å². The van der Waals surface area contributed by atoms with Gasteiger partial charge in [0.05, 0.1) is 12.8 Å². The molecule has 0 unspecified atom stereocenters. The van der Waals surface area contributed by atoms with Gasteiger partial charge in [0.2, 0.25) is 0 Å². The molecule has 0 fully saturated rings. The highest BCUT2D eigenvalue weighted by Gasteiger charge is 2.37. The molecule has 0 heterocycles. The summed E-state index contributed by atoms with van der Waals surface area (Å²) in [5, 5.41) is 28.3. The molecule has 0 bridgehead atoms. The zero-order valence-electron chi connectivity index (χ0n) is 10.6. The molecule has 1 aromatic carbocycles. The van der Waals surface area contributed by atoms with Gasteiger partial charge < -0.3 is 10.1 Å². The first-order valence-corrected chi connectivity index (χ1v) is 5.34. The van der Waals surface area contributed by atoms with E-state index in [4.69, 9.17) is 15.8 Å². The predicted octanol–water partition coefficient (Wildman–Crippen LogP) is 2.95. The van der Waals surface area contributed by atoms with Crippen LogP contribution >= 0.6 is 0 Å². The molecule has 0 spiro atoms. The number of anilines is 1. The highest BCUT2D eigenvalue weighted by Crippen LogP contribution is 2.41. The second kappa shape index (κ2) is 6.31. The van der Waals surface area contributed by atoms with Gasteiger partial charge in [-0.1, -0.05) is 6.07 Å². The molecular weight excluding hydrogens is 285 g/mol. The first-order valence-electron chi connectivity index (χ1n) is 5.34. The lowest BCUT2D eigenvalue weighted by Crippen LogP contribution is -2.13. The van der Waals surface area contributed by atoms with Gasteiger partial charge >= 0.3 is 6.18 Å². The van der Waals surface area contributed by atoms with Crippen molar-refractivity contribution in [1.29, 1.82) is 15.8 Å². The first kappa shape index (κ1) is 15.9. The fourth-order valence-electron chi connectivity index (χ4n) is 1.52. The van der Waals surface area contributed by atoms with E-state index in [0.717, 1.165) is 19.2 Å². The van der Waals surface area contributed by atoms with Crippen LogP contribution in [0.3, 0.4) is 0 Å². The van der Waals surface area contributed by atoms with Crippen LogP contribution in [0.4, 0.5) is 18.9 Å². The minimum Gasteiger partial charge on any atom is -0.496 e. The van der Waals surface area contributed by atoms with Crippen molar-refractivity contribution in [1.82, 2.24) is 0 Å². The number of benzene rings is 1. The van der Waals surface area contributed by atoms with Crippen LogP contribution in [0, 0.1) is 34.0 Å². The van der Waals surface area contributed by atoms with Crippen LogP contribution in [-0.4, -0.2) is 7.11 Å². The molecule has 0 radical (unpaired) electrons. The molecule has 0 aliphatic carbocycles. The summed E-state index contributed by atoms with van der Waals surface area (Å²) in [6.45, 7) is 0. The maximum atomic E-state index is 13.1. The summed E-state index contributed by atoms with van der Waals surface area (Å²) >= 11 is 0. The Bertz CT molecular complexity index is 686. The molecule has 1 N–H and O–H groups in total. The molecule has 0 saturated heterocycles. The van der Waals surface area contributed by atoms with Crippen LogP contribution in [0.1, 0.15) is 5.56 Å². The van der Waals surface area contributed by atoms with Gasteiger partial charge in [0, 0.05) is 0 Å². The highest BCUT2D eigenvalue weighted by atomic mass is 19.4. The normalized spacial score (nSPS) is 9.76. The SMILES string of the molecule is COc1cccc(NC(C#N)=C(C#N)C#N)c1C(F)(F)F. The third kappa shape index (κ3) is 3.43. The van der Waals surface area contributed by atoms with E-state index in [9.17, 15) is 13.2 Å². The van der Waals surface area contributed by atoms with Crippen molar-refractivity contribution in [2.45, 2.75) is 6.18 Å². The molecule has 5 nitrogen and oxygen atoms in total. The number of nitriles is 3. The number of hydrogen-bond donors (Lipinski definition) is 1. The van der Waals surface area contributed by atoms with Crippen LogP contribution in [0.2, 0.25) is 0 Å². The van der Waals surface area contributed by atoms with E-state index in [2.05, 4.69) is 10.1 Å². The number of allylic oxidation sites excluding steroid dienone is 2. The third-order valence-electron chi connectivity index (χ3n) is 2.37. The molecule has 106 valence electrons. The van der Waals surface area contributed by atoms with Gasteiger partial charge in [-0.15, -0.1) is 0 Å². The summed E-state index contributed by atoms with van der Waals surface area (Å²) in [7, 11) is 1.07. The Morgan fingerprint density at radius 3 is 2.19 bits per heavy atom. The number of rotatable bonds is 3. The van der Waals surface area contributed by atoms with Gasteiger partial charge in [-0.25, -0.2) is 0 Å². The summed E-state index contributed by atoms with van der Waals surface area (Å²) in [4.78, 5) is 0. The van der Waals surface area contributed by atoms with Gasteiger partial charge in [-0.05, 0) is 12.1 Å². The molecule has 0 saturated carbocycles. The monoisotopic (exact) mass is 292 g/mol. The number of halogens is 3. The van der Waals surface area contributed by atoms with Crippen molar-refractivity contribution in [3.05, 3.63) is 35.0 Å². The Hall–Kier alpha value is -3.18. The van der Waals surface area contributed by atoms with Gasteiger partial charge in [0.15, 0.2) is 5.57 Å². The van der Waals surface area contributed by atoms with Crippen LogP contribution in [-0.2, 0) is 6.18 Å². The largest absolute Gasteiger partial charge is 0.496 e. The average molecular weight is 292 g/mol. The summed E-state index contributed by atoms with van der Waals surface area (Å²) in [5.41, 5.74) is -2.80. The van der Waals surface area contributed by atoms with Crippen LogP contribution in [0.15, 0.2) is 29.5 Å². The van der Waals surface area contributed by atoms with E-state index in [0.29, 0.717) is 0 Å². The Morgan fingerprint density at radius 1 is 1.14 bits per heavy atom. The van der Waals surface area contributed by atoms with E-state index in [-0.39, 0.29) is 0 Å². The molecule has 1 aromatic rings. The van der Waals surface area contributed by atoms with Crippen LogP contribution in [0.25, 0.3) is 0 Å². The van der Waals surface area contributed by atoms with Gasteiger partial charge in [-0.2, -0.15) is 29.0 Å². The predicted molar refractivity (Wildman–Crippen MR) is 65.5 cm³/mol. The number of nitrogens with one attached hydrogen (secondary N) is 1. The maximum Gasteiger partial charge on any atom is 0.421 e. The third-order valence-corrected chi connectivity index (χ3v) is 2.37. The lowest BCUT2D eigenvalue weighted by atomic mass is 10.1. The van der Waals surface area contributed by atoms with Gasteiger partial charge in [0.25, 0.3) is 0 Å². The average Bonchev–Trinajstić information content (AvgIpc) is 2.45. The van der Waals surface area contributed by atoms with Gasteiger partial charge in [-0.3, -0.25) is 0 Å². The number of ether oxygens (including phenoxy) is 1. The first-order chi connectivity index (χ1) is 9.88. The number of hydrogen-bond acceptors (Lipinski definition) is 5. The standard InChI is InChI=1S/C13H7F3N4O/c1-21-11-4-2-3-9(12(11)13(14,15)16)20-10(7-19)8(5-17)6-18/h2-4,20H,1H3. The van der Waals surface area contributed by atoms with Crippen LogP contribution < -0.4 is 10.1 Å². The number of methoxy groups -OCH3 is 1. The Balaban J connectivity index is 3.48. The quantitative estimate of drug-likeness (QED) is 0.864. The van der Waals surface area contributed by atoms with E-state index < -0.39 is 34.4 Å². The zero-order valence-corrected chi connectivity index (χ0v) is 10.6. The summed E-state index contributed by atoms with van der Waals surface area (Å²) in [5.74, 6) is -0.444. The lowest BCUT2D eigenvalue weighted by Gasteiger charge is -2.17. The van der Waals surface area contributed by atoms with Gasteiger partial charge in [0.1, 0.15) is 35.2 Å². The highest BCUT2D eigenvalue weighted by molar-refractivity contribution is 5.65. The van der Waals surface area contributed by atoms with Crippen molar-refractivity contribution in [2.24, 2.45) is 0 Å². The van der Waals surface area contributed by atoms with E-state index in [1.165, 1.54) is 24.3 Å². The second-order valence-corrected chi connectivity index (χ2v) is 3.59. The molecule has 0 aliphatic heterocycles. The molecule has 1 rings (SSSR count). The van der Waals surface area contributed by atoms with Crippen molar-refractivity contribution >= 4 is 5.69 Å². The van der Waals surface area contributed by atoms with Crippen molar-refractivity contribution < 1.29 is 17.9 Å². The fraction of sp³-hybridized carbons (Fsp3) is 0.154.